The lowest BCUT2D eigenvalue weighted by Gasteiger charge is -2.17. The lowest BCUT2D eigenvalue weighted by atomic mass is 10.1. The molecule has 0 heterocycles. The predicted octanol–water partition coefficient (Wildman–Crippen LogP) is 3.06. The Labute approximate surface area is 125 Å². The van der Waals surface area contributed by atoms with Crippen molar-refractivity contribution in [1.82, 2.24) is 0 Å². The third-order valence-corrected chi connectivity index (χ3v) is 3.39. The fraction of sp³-hybridized carbons (Fsp3) is 0.133. The Morgan fingerprint density at radius 1 is 1.20 bits per heavy atom. The van der Waals surface area contributed by atoms with E-state index in [1.54, 1.807) is 37.4 Å². The number of carbonyl (C=O) groups excluding carboxylic acids is 1. The smallest absolute Gasteiger partial charge is 0.263 e. The number of amides is 1. The van der Waals surface area contributed by atoms with E-state index in [0.29, 0.717) is 17.1 Å². The first-order valence-corrected chi connectivity index (χ1v) is 6.75. The van der Waals surface area contributed by atoms with E-state index >= 15 is 0 Å². The van der Waals surface area contributed by atoms with Gasteiger partial charge in [-0.3, -0.25) is 4.79 Å². The second-order valence-corrected chi connectivity index (χ2v) is 4.96. The van der Waals surface area contributed by atoms with Gasteiger partial charge in [0.2, 0.25) is 6.10 Å². The molecule has 0 aliphatic heterocycles. The van der Waals surface area contributed by atoms with Crippen LogP contribution >= 0.6 is 15.9 Å². The number of primary amides is 1. The van der Waals surface area contributed by atoms with Crippen LogP contribution in [0.1, 0.15) is 11.7 Å². The standard InChI is InChI=1S/C15H14BrNO3/c1-19-13-9-11(7-8-12(13)16)20-14(15(17)18)10-5-3-2-4-6-10/h2-9,14H,1H3,(H2,17,18). The molecule has 0 aromatic heterocycles. The summed E-state index contributed by atoms with van der Waals surface area (Å²) in [5, 5.41) is 0. The van der Waals surface area contributed by atoms with E-state index in [2.05, 4.69) is 15.9 Å². The summed E-state index contributed by atoms with van der Waals surface area (Å²) in [5.41, 5.74) is 6.12. The second-order valence-electron chi connectivity index (χ2n) is 4.11. The number of nitrogens with two attached hydrogens (primary N) is 1. The van der Waals surface area contributed by atoms with Gasteiger partial charge in [0.15, 0.2) is 0 Å². The van der Waals surface area contributed by atoms with Crippen molar-refractivity contribution in [1.29, 1.82) is 0 Å². The number of ether oxygens (including phenoxy) is 2. The largest absolute Gasteiger partial charge is 0.495 e. The molecule has 0 aliphatic rings. The predicted molar refractivity (Wildman–Crippen MR) is 79.7 cm³/mol. The number of methoxy groups -OCH3 is 1. The molecule has 0 fully saturated rings. The molecular formula is C15H14BrNO3. The highest BCUT2D eigenvalue weighted by atomic mass is 79.9. The molecule has 0 saturated carbocycles. The third kappa shape index (κ3) is 3.30. The van der Waals surface area contributed by atoms with Crippen molar-refractivity contribution < 1.29 is 14.3 Å². The topological polar surface area (TPSA) is 61.6 Å². The monoisotopic (exact) mass is 335 g/mol. The minimum absolute atomic E-state index is 0.512. The average Bonchev–Trinajstić information content (AvgIpc) is 2.47. The molecule has 1 unspecified atom stereocenters. The van der Waals surface area contributed by atoms with Crippen LogP contribution in [0.2, 0.25) is 0 Å². The van der Waals surface area contributed by atoms with Crippen molar-refractivity contribution in [3.05, 3.63) is 58.6 Å². The van der Waals surface area contributed by atoms with Crippen LogP contribution in [0, 0.1) is 0 Å². The van der Waals surface area contributed by atoms with Gasteiger partial charge in [-0.15, -0.1) is 0 Å². The molecule has 0 aliphatic carbocycles. The second kappa shape index (κ2) is 6.43. The molecule has 2 aromatic rings. The molecular weight excluding hydrogens is 322 g/mol. The number of hydrogen-bond acceptors (Lipinski definition) is 3. The van der Waals surface area contributed by atoms with Gasteiger partial charge in [0.25, 0.3) is 5.91 Å². The van der Waals surface area contributed by atoms with E-state index < -0.39 is 12.0 Å². The Balaban J connectivity index is 2.27. The minimum atomic E-state index is -0.831. The number of rotatable bonds is 5. The van der Waals surface area contributed by atoms with E-state index in [9.17, 15) is 4.79 Å². The summed E-state index contributed by atoms with van der Waals surface area (Å²) >= 11 is 3.36. The van der Waals surface area contributed by atoms with Crippen LogP contribution in [0.5, 0.6) is 11.5 Å². The van der Waals surface area contributed by atoms with Crippen LogP contribution in [0.25, 0.3) is 0 Å². The van der Waals surface area contributed by atoms with Crippen molar-refractivity contribution in [2.45, 2.75) is 6.10 Å². The van der Waals surface area contributed by atoms with Gasteiger partial charge in [0.05, 0.1) is 11.6 Å². The molecule has 1 atom stereocenters. The molecule has 0 radical (unpaired) electrons. The summed E-state index contributed by atoms with van der Waals surface area (Å²) in [6.07, 6.45) is -0.831. The zero-order valence-electron chi connectivity index (χ0n) is 10.9. The van der Waals surface area contributed by atoms with Crippen molar-refractivity contribution >= 4 is 21.8 Å². The molecule has 2 rings (SSSR count). The molecule has 1 amide bonds. The summed E-state index contributed by atoms with van der Waals surface area (Å²) in [6, 6.07) is 14.3. The number of benzene rings is 2. The quantitative estimate of drug-likeness (QED) is 0.913. The highest BCUT2D eigenvalue weighted by Crippen LogP contribution is 2.31. The van der Waals surface area contributed by atoms with E-state index in [-0.39, 0.29) is 0 Å². The van der Waals surface area contributed by atoms with E-state index in [0.717, 1.165) is 4.47 Å². The number of halogens is 1. The lowest BCUT2D eigenvalue weighted by Crippen LogP contribution is -2.26. The Bertz CT molecular complexity index is 601. The fourth-order valence-corrected chi connectivity index (χ4v) is 2.18. The molecule has 0 bridgehead atoms. The normalized spacial score (nSPS) is 11.7. The van der Waals surface area contributed by atoms with Crippen molar-refractivity contribution in [3.8, 4) is 11.5 Å². The maximum atomic E-state index is 11.6. The van der Waals surface area contributed by atoms with E-state index in [1.807, 2.05) is 18.2 Å². The first-order valence-electron chi connectivity index (χ1n) is 5.96. The third-order valence-electron chi connectivity index (χ3n) is 2.74. The number of carbonyl (C=O) groups is 1. The Morgan fingerprint density at radius 3 is 2.50 bits per heavy atom. The van der Waals surface area contributed by atoms with Gasteiger partial charge < -0.3 is 15.2 Å². The summed E-state index contributed by atoms with van der Waals surface area (Å²) in [5.74, 6) is 0.592. The van der Waals surface area contributed by atoms with Gasteiger partial charge in [0.1, 0.15) is 11.5 Å². The summed E-state index contributed by atoms with van der Waals surface area (Å²) in [4.78, 5) is 11.6. The van der Waals surface area contributed by atoms with Crippen molar-refractivity contribution in [2.75, 3.05) is 7.11 Å². The summed E-state index contributed by atoms with van der Waals surface area (Å²) in [7, 11) is 1.56. The summed E-state index contributed by atoms with van der Waals surface area (Å²) in [6.45, 7) is 0. The van der Waals surface area contributed by atoms with Crippen LogP contribution in [0.4, 0.5) is 0 Å². The molecule has 4 nitrogen and oxygen atoms in total. The van der Waals surface area contributed by atoms with Gasteiger partial charge in [-0.2, -0.15) is 0 Å². The maximum Gasteiger partial charge on any atom is 0.263 e. The molecule has 104 valence electrons. The van der Waals surface area contributed by atoms with Crippen LogP contribution in [-0.4, -0.2) is 13.0 Å². The molecule has 2 aromatic carbocycles. The van der Waals surface area contributed by atoms with Gasteiger partial charge >= 0.3 is 0 Å². The molecule has 5 heteroatoms. The van der Waals surface area contributed by atoms with Crippen LogP contribution < -0.4 is 15.2 Å². The fourth-order valence-electron chi connectivity index (χ4n) is 1.77. The maximum absolute atomic E-state index is 11.6. The number of hydrogen-bond donors (Lipinski definition) is 1. The Hall–Kier alpha value is -2.01. The zero-order chi connectivity index (χ0) is 14.5. The minimum Gasteiger partial charge on any atom is -0.495 e. The molecule has 20 heavy (non-hydrogen) atoms. The molecule has 0 saturated heterocycles. The van der Waals surface area contributed by atoms with Crippen molar-refractivity contribution in [3.63, 3.8) is 0 Å². The van der Waals surface area contributed by atoms with Crippen LogP contribution in [0.15, 0.2) is 53.0 Å². The van der Waals surface area contributed by atoms with Gasteiger partial charge in [-0.25, -0.2) is 0 Å². The van der Waals surface area contributed by atoms with Gasteiger partial charge in [-0.05, 0) is 28.1 Å². The Morgan fingerprint density at radius 2 is 1.90 bits per heavy atom. The van der Waals surface area contributed by atoms with Crippen molar-refractivity contribution in [2.24, 2.45) is 5.73 Å². The summed E-state index contributed by atoms with van der Waals surface area (Å²) < 4.78 is 11.7. The molecule has 2 N–H and O–H groups in total. The SMILES string of the molecule is COc1cc(OC(C(N)=O)c2ccccc2)ccc1Br. The van der Waals surface area contributed by atoms with E-state index in [4.69, 9.17) is 15.2 Å². The zero-order valence-corrected chi connectivity index (χ0v) is 12.5. The van der Waals surface area contributed by atoms with Crippen LogP contribution in [0.3, 0.4) is 0 Å². The highest BCUT2D eigenvalue weighted by molar-refractivity contribution is 9.10. The van der Waals surface area contributed by atoms with E-state index in [1.165, 1.54) is 0 Å². The molecule has 0 spiro atoms. The average molecular weight is 336 g/mol. The first-order chi connectivity index (χ1) is 9.61. The highest BCUT2D eigenvalue weighted by Gasteiger charge is 2.20. The lowest BCUT2D eigenvalue weighted by molar-refractivity contribution is -0.125. The van der Waals surface area contributed by atoms with Crippen LogP contribution in [-0.2, 0) is 4.79 Å². The van der Waals surface area contributed by atoms with Gasteiger partial charge in [-0.1, -0.05) is 30.3 Å². The van der Waals surface area contributed by atoms with Gasteiger partial charge in [0, 0.05) is 11.6 Å². The Kier molecular flexibility index (Phi) is 4.63. The first kappa shape index (κ1) is 14.4.